The Morgan fingerprint density at radius 3 is 2.65 bits per heavy atom. The maximum Gasteiger partial charge on any atom is 0.338 e. The van der Waals surface area contributed by atoms with Gasteiger partial charge in [0, 0.05) is 17.1 Å². The van der Waals surface area contributed by atoms with Gasteiger partial charge in [0.25, 0.3) is 0 Å². The molecule has 1 aliphatic rings. The zero-order valence-electron chi connectivity index (χ0n) is 23.4. The quantitative estimate of drug-likeness (QED) is 0.113. The van der Waals surface area contributed by atoms with Crippen molar-refractivity contribution in [1.82, 2.24) is 30.0 Å². The van der Waals surface area contributed by atoms with Gasteiger partial charge in [-0.3, -0.25) is 9.36 Å². The molecule has 0 saturated carbocycles. The fraction of sp³-hybridized carbons (Fsp3) is 0.267. The molecule has 0 atom stereocenters. The van der Waals surface area contributed by atoms with E-state index in [1.165, 1.54) is 34.0 Å². The Balaban J connectivity index is 1.11. The molecule has 1 aliphatic carbocycles. The van der Waals surface area contributed by atoms with Gasteiger partial charge >= 0.3 is 5.97 Å². The number of para-hydroxylation sites is 1. The predicted octanol–water partition coefficient (Wildman–Crippen LogP) is 5.22. The summed E-state index contributed by atoms with van der Waals surface area (Å²) in [6, 6.07) is 16.8. The summed E-state index contributed by atoms with van der Waals surface area (Å²) in [5.74, 6) is 1.40. The number of ether oxygens (including phenoxy) is 1. The first-order valence-electron chi connectivity index (χ1n) is 13.9. The molecule has 0 saturated heterocycles. The number of amides is 1. The van der Waals surface area contributed by atoms with Gasteiger partial charge in [-0.25, -0.2) is 14.8 Å². The number of fused-ring (bicyclic) bond motifs is 3. The maximum absolute atomic E-state index is 12.7. The zero-order chi connectivity index (χ0) is 29.8. The van der Waals surface area contributed by atoms with E-state index in [0.717, 1.165) is 46.6 Å². The second-order valence-electron chi connectivity index (χ2n) is 9.77. The molecule has 3 heterocycles. The lowest BCUT2D eigenvalue weighted by molar-refractivity contribution is -0.118. The normalized spacial score (nSPS) is 12.4. The van der Waals surface area contributed by atoms with Crippen molar-refractivity contribution >= 4 is 62.8 Å². The van der Waals surface area contributed by atoms with E-state index in [2.05, 4.69) is 20.5 Å². The summed E-state index contributed by atoms with van der Waals surface area (Å²) in [4.78, 5) is 36.3. The fourth-order valence-corrected chi connectivity index (χ4v) is 7.77. The van der Waals surface area contributed by atoms with E-state index in [4.69, 9.17) is 15.5 Å². The first-order valence-corrected chi connectivity index (χ1v) is 16.6. The van der Waals surface area contributed by atoms with Gasteiger partial charge in [0.05, 0.1) is 29.1 Å². The van der Waals surface area contributed by atoms with E-state index in [9.17, 15) is 9.59 Å². The number of thioether (sulfide) groups is 2. The number of rotatable bonds is 11. The molecule has 220 valence electrons. The molecular weight excluding hydrogens is 603 g/mol. The summed E-state index contributed by atoms with van der Waals surface area (Å²) in [7, 11) is 0. The third-order valence-electron chi connectivity index (χ3n) is 6.90. The lowest BCUT2D eigenvalue weighted by atomic mass is 10.1. The molecule has 3 N–H and O–H groups in total. The van der Waals surface area contributed by atoms with Crippen LogP contribution in [0.15, 0.2) is 64.9 Å². The molecule has 0 unspecified atom stereocenters. The lowest BCUT2D eigenvalue weighted by Gasteiger charge is -2.10. The summed E-state index contributed by atoms with van der Waals surface area (Å²) in [6.07, 6.45) is 3.29. The Bertz CT molecular complexity index is 1770. The minimum Gasteiger partial charge on any atom is -0.462 e. The third-order valence-corrected chi connectivity index (χ3v) is 9.86. The van der Waals surface area contributed by atoms with Crippen LogP contribution in [0.5, 0.6) is 0 Å². The highest BCUT2D eigenvalue weighted by molar-refractivity contribution is 7.99. The third kappa shape index (κ3) is 6.53. The Hall–Kier alpha value is -3.94. The van der Waals surface area contributed by atoms with Crippen molar-refractivity contribution in [3.63, 3.8) is 0 Å². The van der Waals surface area contributed by atoms with E-state index in [1.54, 1.807) is 42.5 Å². The molecule has 0 spiro atoms. The molecular formula is C30H29N7O3S3. The van der Waals surface area contributed by atoms with Gasteiger partial charge in [-0.05, 0) is 61.6 Å². The highest BCUT2D eigenvalue weighted by Crippen LogP contribution is 2.39. The largest absolute Gasteiger partial charge is 0.462 e. The molecule has 13 heteroatoms. The summed E-state index contributed by atoms with van der Waals surface area (Å²) in [6.45, 7) is 2.43. The number of thiophene rings is 1. The van der Waals surface area contributed by atoms with Crippen LogP contribution >= 0.6 is 34.9 Å². The Labute approximate surface area is 260 Å². The minimum atomic E-state index is -0.363. The topological polar surface area (TPSA) is 138 Å². The van der Waals surface area contributed by atoms with Gasteiger partial charge in [0.1, 0.15) is 16.5 Å². The van der Waals surface area contributed by atoms with Gasteiger partial charge in [-0.15, -0.1) is 21.5 Å². The molecule has 3 aromatic heterocycles. The lowest BCUT2D eigenvalue weighted by Crippen LogP contribution is -2.24. The number of hydrogen-bond donors (Lipinski definition) is 2. The molecule has 43 heavy (non-hydrogen) atoms. The summed E-state index contributed by atoms with van der Waals surface area (Å²) in [5, 5.41) is 14.0. The van der Waals surface area contributed by atoms with Crippen molar-refractivity contribution in [2.75, 3.05) is 18.1 Å². The predicted molar refractivity (Wildman–Crippen MR) is 170 cm³/mol. The molecule has 2 aromatic carbocycles. The van der Waals surface area contributed by atoms with Crippen molar-refractivity contribution in [3.05, 3.63) is 82.0 Å². The van der Waals surface area contributed by atoms with Crippen LogP contribution in [0.4, 0.5) is 5.82 Å². The highest BCUT2D eigenvalue weighted by Gasteiger charge is 2.22. The van der Waals surface area contributed by atoms with E-state index >= 15 is 0 Å². The molecule has 0 fully saturated rings. The van der Waals surface area contributed by atoms with E-state index in [1.807, 2.05) is 34.9 Å². The van der Waals surface area contributed by atoms with Crippen LogP contribution in [0, 0.1) is 0 Å². The van der Waals surface area contributed by atoms with Crippen molar-refractivity contribution in [2.45, 2.75) is 48.8 Å². The summed E-state index contributed by atoms with van der Waals surface area (Å²) < 4.78 is 6.97. The molecule has 5 aromatic rings. The average molecular weight is 632 g/mol. The van der Waals surface area contributed by atoms with Crippen LogP contribution in [0.2, 0.25) is 0 Å². The van der Waals surface area contributed by atoms with E-state index < -0.39 is 0 Å². The second-order valence-corrected chi connectivity index (χ2v) is 12.7. The van der Waals surface area contributed by atoms with Crippen molar-refractivity contribution in [1.29, 1.82) is 0 Å². The number of anilines is 1. The van der Waals surface area contributed by atoms with Gasteiger partial charge in [0.2, 0.25) is 5.91 Å². The number of carbonyl (C=O) groups excluding carboxylic acids is 2. The smallest absolute Gasteiger partial charge is 0.338 e. The Kier molecular flexibility index (Phi) is 8.91. The van der Waals surface area contributed by atoms with Crippen molar-refractivity contribution in [3.8, 4) is 5.69 Å². The maximum atomic E-state index is 12.7. The van der Waals surface area contributed by atoms with Crippen molar-refractivity contribution < 1.29 is 14.3 Å². The molecule has 0 radical (unpaired) electrons. The molecule has 6 rings (SSSR count). The van der Waals surface area contributed by atoms with Crippen LogP contribution in [-0.2, 0) is 34.7 Å². The molecule has 10 nitrogen and oxygen atoms in total. The van der Waals surface area contributed by atoms with Gasteiger partial charge in [0.15, 0.2) is 10.3 Å². The number of benzene rings is 2. The Morgan fingerprint density at radius 1 is 1.05 bits per heavy atom. The standard InChI is InChI=1S/C30H29N7O3S3/c1-2-40-28(39)19-13-11-18(12-14-19)15-32-24(38)17-42-30-36-35-23(37(30)20-7-4-3-5-8-20)16-41-29-33-26(31)25-21-9-6-10-22(21)43-27(25)34-29/h3-5,7-8,11-14H,2,6,9-10,15-17H2,1H3,(H,32,38)(H2,31,33,34). The number of esters is 1. The average Bonchev–Trinajstić information content (AvgIpc) is 3.73. The number of nitrogens with two attached hydrogens (primary N) is 1. The SMILES string of the molecule is CCOC(=O)c1ccc(CNC(=O)CSc2nnc(CSc3nc(N)c4c5c(sc4n3)CCC5)n2-c2ccccc2)cc1. The number of nitrogens with one attached hydrogen (secondary N) is 1. The molecule has 1 amide bonds. The Morgan fingerprint density at radius 2 is 1.86 bits per heavy atom. The van der Waals surface area contributed by atoms with Crippen LogP contribution in [0.1, 0.15) is 45.5 Å². The van der Waals surface area contributed by atoms with Gasteiger partial charge in [-0.1, -0.05) is 53.9 Å². The van der Waals surface area contributed by atoms with Gasteiger partial charge < -0.3 is 15.8 Å². The molecule has 0 bridgehead atoms. The highest BCUT2D eigenvalue weighted by atomic mass is 32.2. The van der Waals surface area contributed by atoms with Crippen LogP contribution in [-0.4, -0.2) is 49.0 Å². The van der Waals surface area contributed by atoms with Gasteiger partial charge in [-0.2, -0.15) is 0 Å². The molecule has 0 aliphatic heterocycles. The monoisotopic (exact) mass is 631 g/mol. The number of aromatic nitrogens is 5. The first kappa shape index (κ1) is 29.1. The van der Waals surface area contributed by atoms with Crippen LogP contribution in [0.3, 0.4) is 0 Å². The number of nitrogen functional groups attached to an aromatic ring is 1. The fourth-order valence-electron chi connectivity index (χ4n) is 4.88. The summed E-state index contributed by atoms with van der Waals surface area (Å²) in [5.41, 5.74) is 9.95. The zero-order valence-corrected chi connectivity index (χ0v) is 25.9. The van der Waals surface area contributed by atoms with Crippen LogP contribution in [0.25, 0.3) is 15.9 Å². The minimum absolute atomic E-state index is 0.141. The summed E-state index contributed by atoms with van der Waals surface area (Å²) >= 11 is 4.50. The number of nitrogens with zero attached hydrogens (tertiary/aromatic N) is 5. The number of carbonyl (C=O) groups is 2. The second kappa shape index (κ2) is 13.1. The number of aryl methyl sites for hydroxylation is 2. The first-order chi connectivity index (χ1) is 21.0. The van der Waals surface area contributed by atoms with Crippen LogP contribution < -0.4 is 11.1 Å². The van der Waals surface area contributed by atoms with Crippen molar-refractivity contribution in [2.24, 2.45) is 0 Å². The van der Waals surface area contributed by atoms with E-state index in [-0.39, 0.29) is 17.6 Å². The van der Waals surface area contributed by atoms with E-state index in [0.29, 0.717) is 40.6 Å². The number of hydrogen-bond acceptors (Lipinski definition) is 11.